The first-order valence-electron chi connectivity index (χ1n) is 16.8. The Labute approximate surface area is 281 Å². The average molecular weight is 619 g/mol. The predicted molar refractivity (Wildman–Crippen MR) is 212 cm³/mol. The van der Waals surface area contributed by atoms with Gasteiger partial charge in [-0.05, 0) is 78.8 Å². The van der Waals surface area contributed by atoms with Crippen LogP contribution in [-0.4, -0.2) is 9.13 Å². The fourth-order valence-corrected chi connectivity index (χ4v) is 7.75. The number of hydrogen-bond acceptors (Lipinski definition) is 0. The summed E-state index contributed by atoms with van der Waals surface area (Å²) in [7, 11) is 4.37. The Morgan fingerprint density at radius 1 is 0.417 bits per heavy atom. The molecule has 0 saturated carbocycles. The van der Waals surface area contributed by atoms with Crippen molar-refractivity contribution in [1.82, 2.24) is 9.13 Å². The van der Waals surface area contributed by atoms with E-state index in [2.05, 4.69) is 158 Å². The second-order valence-electron chi connectivity index (χ2n) is 12.4. The van der Waals surface area contributed by atoms with Gasteiger partial charge in [-0.3, -0.25) is 0 Å². The first-order chi connectivity index (χ1) is 23.5. The molecular weight excluding hydrogens is 581 g/mol. The minimum atomic E-state index is 1.09. The molecule has 232 valence electrons. The van der Waals surface area contributed by atoms with E-state index in [1.165, 1.54) is 87.4 Å². The van der Waals surface area contributed by atoms with Crippen LogP contribution in [0.2, 0.25) is 0 Å². The highest BCUT2D eigenvalue weighted by Gasteiger charge is 2.16. The van der Waals surface area contributed by atoms with Crippen molar-refractivity contribution in [3.63, 3.8) is 0 Å². The van der Waals surface area contributed by atoms with E-state index < -0.39 is 0 Å². The minimum Gasteiger partial charge on any atom is -0.343 e. The number of hydrogen-bond donors (Lipinski definition) is 0. The van der Waals surface area contributed by atoms with Gasteiger partial charge in [0.25, 0.3) is 0 Å². The maximum absolute atomic E-state index is 4.02. The van der Waals surface area contributed by atoms with Gasteiger partial charge >= 0.3 is 0 Å². The lowest BCUT2D eigenvalue weighted by atomic mass is 9.95. The molecule has 48 heavy (non-hydrogen) atoms. The molecule has 0 amide bonds. The van der Waals surface area contributed by atoms with Gasteiger partial charge in [-0.25, -0.2) is 0 Å². The van der Waals surface area contributed by atoms with Crippen molar-refractivity contribution in [3.8, 4) is 22.5 Å². The summed E-state index contributed by atoms with van der Waals surface area (Å²) in [6.45, 7) is 12.0. The lowest BCUT2D eigenvalue weighted by Crippen LogP contribution is -1.94. The Bertz CT molecular complexity index is 2750. The van der Waals surface area contributed by atoms with Crippen LogP contribution < -0.4 is 0 Å². The number of nitrogens with zero attached hydrogens (tertiary/aromatic N) is 2. The highest BCUT2D eigenvalue weighted by atomic mass is 15.0. The van der Waals surface area contributed by atoms with Gasteiger partial charge in [-0.2, -0.15) is 0 Å². The lowest BCUT2D eigenvalue weighted by Gasteiger charge is -2.12. The van der Waals surface area contributed by atoms with Crippen LogP contribution in [0.3, 0.4) is 0 Å². The maximum atomic E-state index is 4.02. The Balaban J connectivity index is 0.00000165. The lowest BCUT2D eigenvalue weighted by molar-refractivity contribution is 0.982. The SMILES string of the molecule is C=Cc1ccc(-c2cc3ccc4c5ccc6c(ccc7cc(-c8ccc9ccccc9c8)n(C)c76)c5ccc4c3n2C)cc1C=C.CC. The molecule has 0 atom stereocenters. The zero-order chi connectivity index (χ0) is 33.1. The molecule has 0 aliphatic rings. The summed E-state index contributed by atoms with van der Waals surface area (Å²) in [5.74, 6) is 0. The largest absolute Gasteiger partial charge is 0.343 e. The molecule has 0 aliphatic carbocycles. The number of aryl methyl sites for hydroxylation is 2. The summed E-state index contributed by atoms with van der Waals surface area (Å²) in [6.07, 6.45) is 3.79. The molecule has 2 nitrogen and oxygen atoms in total. The molecule has 0 aliphatic heterocycles. The van der Waals surface area contributed by atoms with Gasteiger partial charge in [0.05, 0.1) is 11.0 Å². The van der Waals surface area contributed by atoms with Gasteiger partial charge in [-0.15, -0.1) is 0 Å². The van der Waals surface area contributed by atoms with Gasteiger partial charge in [-0.1, -0.05) is 136 Å². The maximum Gasteiger partial charge on any atom is 0.0562 e. The van der Waals surface area contributed by atoms with Gasteiger partial charge < -0.3 is 9.13 Å². The molecule has 0 bridgehead atoms. The highest BCUT2D eigenvalue weighted by Crippen LogP contribution is 2.40. The van der Waals surface area contributed by atoms with E-state index in [1.54, 1.807) is 0 Å². The summed E-state index contributed by atoms with van der Waals surface area (Å²) >= 11 is 0. The van der Waals surface area contributed by atoms with Crippen molar-refractivity contribution in [2.24, 2.45) is 14.1 Å². The average Bonchev–Trinajstić information content (AvgIpc) is 3.67. The van der Waals surface area contributed by atoms with Crippen molar-refractivity contribution in [2.45, 2.75) is 13.8 Å². The molecule has 0 saturated heterocycles. The molecule has 9 rings (SSSR count). The molecular formula is C46H38N2. The Kier molecular flexibility index (Phi) is 7.04. The van der Waals surface area contributed by atoms with Crippen LogP contribution >= 0.6 is 0 Å². The summed E-state index contributed by atoms with van der Waals surface area (Å²) < 4.78 is 4.70. The van der Waals surface area contributed by atoms with Crippen LogP contribution in [0.15, 0.2) is 134 Å². The molecule has 2 heteroatoms. The molecule has 0 unspecified atom stereocenters. The highest BCUT2D eigenvalue weighted by molar-refractivity contribution is 6.24. The van der Waals surface area contributed by atoms with Crippen LogP contribution in [0.25, 0.3) is 99.6 Å². The Morgan fingerprint density at radius 3 is 1.42 bits per heavy atom. The van der Waals surface area contributed by atoms with Crippen molar-refractivity contribution in [3.05, 3.63) is 146 Å². The molecule has 0 spiro atoms. The normalized spacial score (nSPS) is 11.5. The standard InChI is InChI=1S/C44H32N2.C2H6/c1-5-27-11-13-31(23-28(27)6-2)41-25-33-15-17-37-35-20-22-40-38(36(35)19-21-39(37)43(33)45(41)3)18-16-34-26-42(46(4)44(34)40)32-14-12-29-9-7-8-10-30(29)24-32;1-2/h5-26H,1-2H2,3-4H3;1-2H3. The van der Waals surface area contributed by atoms with E-state index in [0.29, 0.717) is 0 Å². The van der Waals surface area contributed by atoms with Gasteiger partial charge in [0.15, 0.2) is 0 Å². The Hall–Kier alpha value is -5.86. The smallest absolute Gasteiger partial charge is 0.0562 e. The van der Waals surface area contributed by atoms with E-state index in [9.17, 15) is 0 Å². The van der Waals surface area contributed by atoms with Crippen LogP contribution in [0.4, 0.5) is 0 Å². The van der Waals surface area contributed by atoms with E-state index in [4.69, 9.17) is 0 Å². The van der Waals surface area contributed by atoms with Crippen LogP contribution in [0.5, 0.6) is 0 Å². The Morgan fingerprint density at radius 2 is 0.854 bits per heavy atom. The summed E-state index contributed by atoms with van der Waals surface area (Å²) in [6, 6.07) is 44.9. The third-order valence-corrected chi connectivity index (χ3v) is 10.0. The molecule has 0 radical (unpaired) electrons. The third kappa shape index (κ3) is 4.33. The molecule has 0 fully saturated rings. The zero-order valence-corrected chi connectivity index (χ0v) is 28.0. The van der Waals surface area contributed by atoms with E-state index in [-0.39, 0.29) is 0 Å². The van der Waals surface area contributed by atoms with E-state index in [1.807, 2.05) is 26.0 Å². The molecule has 2 heterocycles. The monoisotopic (exact) mass is 618 g/mol. The second-order valence-corrected chi connectivity index (χ2v) is 12.4. The zero-order valence-electron chi connectivity index (χ0n) is 28.0. The van der Waals surface area contributed by atoms with E-state index in [0.717, 1.165) is 11.1 Å². The molecule has 9 aromatic rings. The summed E-state index contributed by atoms with van der Waals surface area (Å²) in [4.78, 5) is 0. The number of aromatic nitrogens is 2. The first-order valence-corrected chi connectivity index (χ1v) is 16.8. The molecule has 2 aromatic heterocycles. The van der Waals surface area contributed by atoms with Crippen LogP contribution in [-0.2, 0) is 14.1 Å². The van der Waals surface area contributed by atoms with Gasteiger partial charge in [0.2, 0.25) is 0 Å². The quantitative estimate of drug-likeness (QED) is 0.174. The first kappa shape index (κ1) is 29.5. The predicted octanol–water partition coefficient (Wildman–Crippen LogP) is 12.9. The van der Waals surface area contributed by atoms with Crippen LogP contribution in [0.1, 0.15) is 25.0 Å². The van der Waals surface area contributed by atoms with Crippen molar-refractivity contribution in [1.29, 1.82) is 0 Å². The summed E-state index contributed by atoms with van der Waals surface area (Å²) in [5.41, 5.74) is 9.54. The van der Waals surface area contributed by atoms with Gasteiger partial charge in [0, 0.05) is 47.0 Å². The number of benzene rings is 7. The number of rotatable bonds is 4. The van der Waals surface area contributed by atoms with Crippen LogP contribution in [0, 0.1) is 0 Å². The van der Waals surface area contributed by atoms with Gasteiger partial charge in [0.1, 0.15) is 0 Å². The van der Waals surface area contributed by atoms with Crippen molar-refractivity contribution < 1.29 is 0 Å². The topological polar surface area (TPSA) is 9.86 Å². The second kappa shape index (κ2) is 11.4. The fourth-order valence-electron chi connectivity index (χ4n) is 7.75. The third-order valence-electron chi connectivity index (χ3n) is 10.0. The van der Waals surface area contributed by atoms with E-state index >= 15 is 0 Å². The molecule has 0 N–H and O–H groups in total. The summed E-state index contributed by atoms with van der Waals surface area (Å²) in [5, 5.41) is 12.7. The molecule has 7 aromatic carbocycles. The fraction of sp³-hybridized carbons (Fsp3) is 0.0870. The minimum absolute atomic E-state index is 1.09. The van der Waals surface area contributed by atoms with Crippen molar-refractivity contribution >= 4 is 77.0 Å². The van der Waals surface area contributed by atoms with Crippen molar-refractivity contribution in [2.75, 3.05) is 0 Å². The number of fused-ring (bicyclic) bond motifs is 10.